The van der Waals surface area contributed by atoms with Crippen molar-refractivity contribution >= 4 is 61.6 Å². The molecule has 0 aromatic heterocycles. The lowest BCUT2D eigenvalue weighted by atomic mass is 10.1. The molecule has 0 amide bonds. The van der Waals surface area contributed by atoms with Crippen LogP contribution in [0.5, 0.6) is 0 Å². The van der Waals surface area contributed by atoms with Gasteiger partial charge in [0.2, 0.25) is 0 Å². The van der Waals surface area contributed by atoms with Gasteiger partial charge in [-0.05, 0) is 0 Å². The molecule has 6 nitrogen and oxygen atoms in total. The fourth-order valence-electron chi connectivity index (χ4n) is 1.41. The lowest BCUT2D eigenvalue weighted by molar-refractivity contribution is 0.369. The molecular formula is C8H8Cl4O6P2. The van der Waals surface area contributed by atoms with E-state index in [0.29, 0.717) is 0 Å². The molecule has 1 rings (SSSR count). The van der Waals surface area contributed by atoms with E-state index in [-0.39, 0.29) is 31.2 Å². The maximum Gasteiger partial charge on any atom is 0.330 e. The smallest absolute Gasteiger partial charge is 0.324 e. The van der Waals surface area contributed by atoms with Crippen LogP contribution in [0.15, 0.2) is 0 Å². The maximum atomic E-state index is 11.0. The zero-order chi connectivity index (χ0) is 15.9. The first kappa shape index (κ1) is 18.7. The summed E-state index contributed by atoms with van der Waals surface area (Å²) in [7, 11) is -8.95. The Balaban J connectivity index is 3.49. The summed E-state index contributed by atoms with van der Waals surface area (Å²) in [6.07, 6.45) is -1.58. The summed E-state index contributed by atoms with van der Waals surface area (Å²) in [6.45, 7) is 0. The van der Waals surface area contributed by atoms with Crippen LogP contribution < -0.4 is 0 Å². The molecule has 12 heteroatoms. The van der Waals surface area contributed by atoms with Crippen molar-refractivity contribution < 1.29 is 28.7 Å². The third-order valence-corrected chi connectivity index (χ3v) is 5.49. The molecule has 0 saturated heterocycles. The molecule has 1 aromatic rings. The highest BCUT2D eigenvalue weighted by atomic mass is 35.5. The van der Waals surface area contributed by atoms with Crippen LogP contribution in [0, 0.1) is 0 Å². The van der Waals surface area contributed by atoms with Crippen LogP contribution in [-0.2, 0) is 21.5 Å². The van der Waals surface area contributed by atoms with E-state index < -0.39 is 27.5 Å². The molecule has 0 bridgehead atoms. The summed E-state index contributed by atoms with van der Waals surface area (Å²) in [5, 5.41) is -1.19. The van der Waals surface area contributed by atoms with E-state index >= 15 is 0 Å². The lowest BCUT2D eigenvalue weighted by Crippen LogP contribution is -1.98. The van der Waals surface area contributed by atoms with E-state index in [2.05, 4.69) is 0 Å². The Morgan fingerprint density at radius 3 is 1.00 bits per heavy atom. The van der Waals surface area contributed by atoms with Gasteiger partial charge in [0.1, 0.15) is 0 Å². The predicted octanol–water partition coefficient (Wildman–Crippen LogP) is 3.66. The van der Waals surface area contributed by atoms with Crippen LogP contribution in [0.1, 0.15) is 11.1 Å². The summed E-state index contributed by atoms with van der Waals surface area (Å²) >= 11 is 23.4. The fraction of sp³-hybridized carbons (Fsp3) is 0.250. The minimum Gasteiger partial charge on any atom is -0.324 e. The summed E-state index contributed by atoms with van der Waals surface area (Å²) in [5.41, 5.74) is -0.350. The molecule has 0 saturated carbocycles. The summed E-state index contributed by atoms with van der Waals surface area (Å²) in [4.78, 5) is 35.8. The van der Waals surface area contributed by atoms with Crippen molar-refractivity contribution in [2.45, 2.75) is 12.3 Å². The van der Waals surface area contributed by atoms with Gasteiger partial charge in [0.05, 0.1) is 32.4 Å². The molecule has 114 valence electrons. The Bertz CT molecular complexity index is 552. The molecule has 0 aliphatic rings. The Morgan fingerprint density at radius 2 is 0.850 bits per heavy atom. The van der Waals surface area contributed by atoms with Gasteiger partial charge in [-0.3, -0.25) is 9.13 Å². The van der Waals surface area contributed by atoms with Crippen LogP contribution >= 0.6 is 61.6 Å². The van der Waals surface area contributed by atoms with Crippen molar-refractivity contribution in [1.82, 2.24) is 0 Å². The van der Waals surface area contributed by atoms with E-state index in [9.17, 15) is 9.13 Å². The first-order chi connectivity index (χ1) is 8.83. The minimum absolute atomic E-state index is 0.175. The van der Waals surface area contributed by atoms with Crippen molar-refractivity contribution in [2.75, 3.05) is 0 Å². The highest BCUT2D eigenvalue weighted by Crippen LogP contribution is 2.51. The zero-order valence-electron chi connectivity index (χ0n) is 9.43. The second-order valence-corrected chi connectivity index (χ2v) is 8.66. The molecular weight excluding hydrogens is 396 g/mol. The molecule has 0 radical (unpaired) electrons. The Labute approximate surface area is 133 Å². The average molecular weight is 404 g/mol. The van der Waals surface area contributed by atoms with E-state index in [1.165, 1.54) is 0 Å². The van der Waals surface area contributed by atoms with Gasteiger partial charge in [-0.1, -0.05) is 46.4 Å². The second kappa shape index (κ2) is 6.43. The molecule has 0 heterocycles. The molecule has 0 aliphatic heterocycles. The maximum absolute atomic E-state index is 11.0. The third-order valence-electron chi connectivity index (χ3n) is 2.17. The molecule has 20 heavy (non-hydrogen) atoms. The van der Waals surface area contributed by atoms with Crippen molar-refractivity contribution in [2.24, 2.45) is 0 Å². The molecule has 0 aliphatic carbocycles. The van der Waals surface area contributed by atoms with Crippen molar-refractivity contribution in [3.8, 4) is 0 Å². The first-order valence-corrected chi connectivity index (χ1v) is 9.87. The van der Waals surface area contributed by atoms with Gasteiger partial charge < -0.3 is 19.6 Å². The van der Waals surface area contributed by atoms with Gasteiger partial charge in [-0.25, -0.2) is 0 Å². The topological polar surface area (TPSA) is 115 Å². The molecule has 1 aromatic carbocycles. The van der Waals surface area contributed by atoms with Crippen molar-refractivity contribution in [3.05, 3.63) is 31.2 Å². The molecule has 0 fully saturated rings. The number of hydrogen-bond acceptors (Lipinski definition) is 2. The van der Waals surface area contributed by atoms with Gasteiger partial charge in [-0.15, -0.1) is 0 Å². The quantitative estimate of drug-likeness (QED) is 0.450. The molecule has 0 atom stereocenters. The van der Waals surface area contributed by atoms with Crippen LogP contribution in [0.25, 0.3) is 0 Å². The van der Waals surface area contributed by atoms with Gasteiger partial charge in [-0.2, -0.15) is 0 Å². The third kappa shape index (κ3) is 4.85. The van der Waals surface area contributed by atoms with Crippen molar-refractivity contribution in [3.63, 3.8) is 0 Å². The second-order valence-electron chi connectivity index (χ2n) is 3.86. The number of rotatable bonds is 4. The van der Waals surface area contributed by atoms with Crippen LogP contribution in [-0.4, -0.2) is 19.6 Å². The zero-order valence-corrected chi connectivity index (χ0v) is 14.2. The van der Waals surface area contributed by atoms with Crippen molar-refractivity contribution in [1.29, 1.82) is 0 Å². The van der Waals surface area contributed by atoms with Gasteiger partial charge in [0, 0.05) is 11.1 Å². The van der Waals surface area contributed by atoms with Crippen LogP contribution in [0.4, 0.5) is 0 Å². The summed E-state index contributed by atoms with van der Waals surface area (Å²) in [6, 6.07) is 0. The molecule has 0 spiro atoms. The van der Waals surface area contributed by atoms with Crippen LogP contribution in [0.3, 0.4) is 0 Å². The fourth-order valence-corrected chi connectivity index (χ4v) is 4.44. The minimum atomic E-state index is -4.48. The molecule has 4 N–H and O–H groups in total. The van der Waals surface area contributed by atoms with Crippen LogP contribution in [0.2, 0.25) is 20.1 Å². The number of halogens is 4. The average Bonchev–Trinajstić information content (AvgIpc) is 2.25. The highest BCUT2D eigenvalue weighted by molar-refractivity contribution is 7.51. The Kier molecular flexibility index (Phi) is 6.02. The Morgan fingerprint density at radius 1 is 0.650 bits per heavy atom. The van der Waals surface area contributed by atoms with E-state index in [1.54, 1.807) is 0 Å². The van der Waals surface area contributed by atoms with E-state index in [0.717, 1.165) is 0 Å². The van der Waals surface area contributed by atoms with Gasteiger partial charge in [0.15, 0.2) is 0 Å². The normalized spacial score (nSPS) is 12.8. The number of benzene rings is 1. The van der Waals surface area contributed by atoms with E-state index in [1.807, 2.05) is 0 Å². The summed E-state index contributed by atoms with van der Waals surface area (Å²) in [5.74, 6) is 0. The van der Waals surface area contributed by atoms with Gasteiger partial charge >= 0.3 is 15.2 Å². The monoisotopic (exact) mass is 402 g/mol. The predicted molar refractivity (Wildman–Crippen MR) is 78.0 cm³/mol. The highest BCUT2D eigenvalue weighted by Gasteiger charge is 2.28. The standard InChI is InChI=1S/C8H8Cl4O6P2/c9-5-3(1-19(13,14)15)6(10)8(12)4(7(5)11)2-20(16,17)18/h1-2H2,(H2,13,14,15)(H2,16,17,18). The summed E-state index contributed by atoms with van der Waals surface area (Å²) < 4.78 is 22.0. The van der Waals surface area contributed by atoms with E-state index in [4.69, 9.17) is 66.0 Å². The largest absolute Gasteiger partial charge is 0.330 e. The lowest BCUT2D eigenvalue weighted by Gasteiger charge is -2.16. The molecule has 0 unspecified atom stereocenters. The Hall–Kier alpha value is 0.680. The SMILES string of the molecule is O=P(O)(O)Cc1c(Cl)c(Cl)c(CP(=O)(O)O)c(Cl)c1Cl. The first-order valence-electron chi connectivity index (χ1n) is 4.76. The van der Waals surface area contributed by atoms with Gasteiger partial charge in [0.25, 0.3) is 0 Å². The number of hydrogen-bond donors (Lipinski definition) is 4.